The Kier molecular flexibility index (Phi) is 4.84. The summed E-state index contributed by atoms with van der Waals surface area (Å²) in [5, 5.41) is 0. The van der Waals surface area contributed by atoms with Crippen LogP contribution in [0.5, 0.6) is 5.88 Å². The van der Waals surface area contributed by atoms with Crippen molar-refractivity contribution in [3.63, 3.8) is 0 Å². The number of nitrogens with zero attached hydrogens (tertiary/aromatic N) is 4. The Morgan fingerprint density at radius 1 is 1.15 bits per heavy atom. The largest absolute Gasteiger partial charge is 0.481 e. The van der Waals surface area contributed by atoms with Crippen LogP contribution in [0.4, 0.5) is 0 Å². The minimum Gasteiger partial charge on any atom is -0.481 e. The molecule has 0 unspecified atom stereocenters. The lowest BCUT2D eigenvalue weighted by atomic mass is 9.85. The molecular weight excluding hydrogens is 328 g/mol. The zero-order chi connectivity index (χ0) is 17.9. The molecule has 6 heteroatoms. The third-order valence-corrected chi connectivity index (χ3v) is 5.33. The molecule has 0 aromatic carbocycles. The van der Waals surface area contributed by atoms with Crippen molar-refractivity contribution >= 4 is 5.91 Å². The highest BCUT2D eigenvalue weighted by Gasteiger charge is 2.41. The van der Waals surface area contributed by atoms with E-state index in [1.807, 2.05) is 41.3 Å². The molecule has 2 saturated heterocycles. The normalized spacial score (nSPS) is 23.1. The third-order valence-electron chi connectivity index (χ3n) is 5.33. The first kappa shape index (κ1) is 17.0. The van der Waals surface area contributed by atoms with E-state index >= 15 is 0 Å². The molecule has 26 heavy (non-hydrogen) atoms. The van der Waals surface area contributed by atoms with E-state index in [2.05, 4.69) is 14.9 Å². The number of rotatable bonds is 5. The predicted molar refractivity (Wildman–Crippen MR) is 97.4 cm³/mol. The van der Waals surface area contributed by atoms with Crippen LogP contribution in [0.3, 0.4) is 0 Å². The Bertz CT molecular complexity index is 767. The standard InChI is InChI=1S/C20H24N4O2/c1-26-19-7-4-6-17(22-19)14-23-10-8-15-11-18(23)20(25)24(12-15)13-16-5-2-3-9-21-16/h2-7,9,15,18H,8,10-14H2,1H3/t15-,18+/m0/s1. The Morgan fingerprint density at radius 3 is 2.85 bits per heavy atom. The van der Waals surface area contributed by atoms with Crippen molar-refractivity contribution in [2.24, 2.45) is 5.92 Å². The highest BCUT2D eigenvalue weighted by atomic mass is 16.5. The first-order valence-electron chi connectivity index (χ1n) is 9.15. The summed E-state index contributed by atoms with van der Waals surface area (Å²) < 4.78 is 5.22. The Labute approximate surface area is 153 Å². The molecule has 0 saturated carbocycles. The van der Waals surface area contributed by atoms with Crippen LogP contribution in [0.15, 0.2) is 42.6 Å². The molecule has 2 aliphatic heterocycles. The van der Waals surface area contributed by atoms with Gasteiger partial charge in [0, 0.05) is 25.4 Å². The number of carbonyl (C=O) groups is 1. The monoisotopic (exact) mass is 352 g/mol. The van der Waals surface area contributed by atoms with Gasteiger partial charge in [0.05, 0.1) is 31.1 Å². The second-order valence-corrected chi connectivity index (χ2v) is 7.09. The molecule has 4 rings (SSSR count). The smallest absolute Gasteiger partial charge is 0.240 e. The topological polar surface area (TPSA) is 58.6 Å². The molecule has 2 aromatic heterocycles. The SMILES string of the molecule is COc1cccc(CN2CC[C@H]3C[C@@H]2C(=O)N(Cc2ccccn2)C3)n1. The van der Waals surface area contributed by atoms with Gasteiger partial charge in [-0.15, -0.1) is 0 Å². The predicted octanol–water partition coefficient (Wildman–Crippen LogP) is 2.11. The van der Waals surface area contributed by atoms with Crippen LogP contribution in [0.25, 0.3) is 0 Å². The van der Waals surface area contributed by atoms with Crippen molar-refractivity contribution in [1.82, 2.24) is 19.8 Å². The lowest BCUT2D eigenvalue weighted by Crippen LogP contribution is -2.58. The number of piperidine rings is 2. The van der Waals surface area contributed by atoms with Crippen LogP contribution >= 0.6 is 0 Å². The van der Waals surface area contributed by atoms with E-state index in [1.165, 1.54) is 0 Å². The number of likely N-dealkylation sites (tertiary alicyclic amines) is 2. The number of hydrogen-bond acceptors (Lipinski definition) is 5. The molecular formula is C20H24N4O2. The molecule has 6 nitrogen and oxygen atoms in total. The van der Waals surface area contributed by atoms with Crippen LogP contribution in [0, 0.1) is 5.92 Å². The fourth-order valence-corrected chi connectivity index (χ4v) is 4.01. The summed E-state index contributed by atoms with van der Waals surface area (Å²) in [6, 6.07) is 11.6. The van der Waals surface area contributed by atoms with Crippen LogP contribution in [0.1, 0.15) is 24.2 Å². The molecule has 2 bridgehead atoms. The van der Waals surface area contributed by atoms with Gasteiger partial charge >= 0.3 is 0 Å². The van der Waals surface area contributed by atoms with Crippen LogP contribution in [-0.4, -0.2) is 51.9 Å². The molecule has 2 aliphatic rings. The zero-order valence-electron chi connectivity index (χ0n) is 15.0. The number of carbonyl (C=O) groups excluding carboxylic acids is 1. The third kappa shape index (κ3) is 3.55. The molecule has 0 aliphatic carbocycles. The molecule has 0 spiro atoms. The highest BCUT2D eigenvalue weighted by Crippen LogP contribution is 2.31. The average Bonchev–Trinajstić information content (AvgIpc) is 2.68. The number of amides is 1. The number of hydrogen-bond donors (Lipinski definition) is 0. The van der Waals surface area contributed by atoms with E-state index in [0.717, 1.165) is 37.3 Å². The average molecular weight is 352 g/mol. The van der Waals surface area contributed by atoms with Gasteiger partial charge in [0.2, 0.25) is 11.8 Å². The second kappa shape index (κ2) is 7.41. The summed E-state index contributed by atoms with van der Waals surface area (Å²) in [6.07, 6.45) is 3.85. The van der Waals surface area contributed by atoms with E-state index in [-0.39, 0.29) is 11.9 Å². The number of methoxy groups -OCH3 is 1. The first-order chi connectivity index (χ1) is 12.7. The number of pyridine rings is 2. The lowest BCUT2D eigenvalue weighted by molar-refractivity contribution is -0.146. The van der Waals surface area contributed by atoms with Crippen LogP contribution in [0.2, 0.25) is 0 Å². The fraction of sp³-hybridized carbons (Fsp3) is 0.450. The van der Waals surface area contributed by atoms with Gasteiger partial charge in [-0.25, -0.2) is 4.98 Å². The summed E-state index contributed by atoms with van der Waals surface area (Å²) in [4.78, 5) is 26.2. The molecule has 4 heterocycles. The van der Waals surface area contributed by atoms with Gasteiger partial charge in [0.1, 0.15) is 0 Å². The van der Waals surface area contributed by atoms with Gasteiger partial charge in [-0.3, -0.25) is 14.7 Å². The molecule has 1 amide bonds. The molecule has 136 valence electrons. The van der Waals surface area contributed by atoms with Crippen molar-refractivity contribution in [2.45, 2.75) is 32.0 Å². The number of fused-ring (bicyclic) bond motifs is 2. The zero-order valence-corrected chi connectivity index (χ0v) is 15.0. The van der Waals surface area contributed by atoms with Gasteiger partial charge in [-0.05, 0) is 43.5 Å². The maximum atomic E-state index is 13.1. The summed E-state index contributed by atoms with van der Waals surface area (Å²) in [7, 11) is 1.62. The molecule has 2 fully saturated rings. The molecule has 2 atom stereocenters. The summed E-state index contributed by atoms with van der Waals surface area (Å²) >= 11 is 0. The van der Waals surface area contributed by atoms with Gasteiger partial charge < -0.3 is 9.64 Å². The van der Waals surface area contributed by atoms with Gasteiger partial charge in [-0.2, -0.15) is 0 Å². The second-order valence-electron chi connectivity index (χ2n) is 7.09. The number of ether oxygens (including phenoxy) is 1. The fourth-order valence-electron chi connectivity index (χ4n) is 4.01. The minimum atomic E-state index is -0.0563. The molecule has 0 N–H and O–H groups in total. The summed E-state index contributed by atoms with van der Waals surface area (Å²) in [6.45, 7) is 3.06. The van der Waals surface area contributed by atoms with Crippen molar-refractivity contribution in [3.05, 3.63) is 54.0 Å². The molecule has 2 aromatic rings. The number of aromatic nitrogens is 2. The molecule has 0 radical (unpaired) electrons. The Balaban J connectivity index is 1.48. The Morgan fingerprint density at radius 2 is 2.04 bits per heavy atom. The van der Waals surface area contributed by atoms with E-state index in [1.54, 1.807) is 13.3 Å². The maximum absolute atomic E-state index is 13.1. The van der Waals surface area contributed by atoms with E-state index in [9.17, 15) is 4.79 Å². The van der Waals surface area contributed by atoms with E-state index in [0.29, 0.717) is 24.9 Å². The summed E-state index contributed by atoms with van der Waals surface area (Å²) in [5.41, 5.74) is 1.89. The minimum absolute atomic E-state index is 0.0563. The van der Waals surface area contributed by atoms with Crippen molar-refractivity contribution < 1.29 is 9.53 Å². The van der Waals surface area contributed by atoms with Gasteiger partial charge in [0.15, 0.2) is 0 Å². The van der Waals surface area contributed by atoms with Crippen LogP contribution < -0.4 is 4.74 Å². The van der Waals surface area contributed by atoms with E-state index < -0.39 is 0 Å². The lowest BCUT2D eigenvalue weighted by Gasteiger charge is -2.46. The quantitative estimate of drug-likeness (QED) is 0.825. The van der Waals surface area contributed by atoms with Gasteiger partial charge in [0.25, 0.3) is 0 Å². The van der Waals surface area contributed by atoms with Crippen molar-refractivity contribution in [2.75, 3.05) is 20.2 Å². The Hall–Kier alpha value is -2.47. The first-order valence-corrected chi connectivity index (χ1v) is 9.15. The van der Waals surface area contributed by atoms with E-state index in [4.69, 9.17) is 4.74 Å². The maximum Gasteiger partial charge on any atom is 0.240 e. The van der Waals surface area contributed by atoms with Crippen molar-refractivity contribution in [1.29, 1.82) is 0 Å². The highest BCUT2D eigenvalue weighted by molar-refractivity contribution is 5.83. The van der Waals surface area contributed by atoms with Crippen LogP contribution in [-0.2, 0) is 17.9 Å². The van der Waals surface area contributed by atoms with Gasteiger partial charge in [-0.1, -0.05) is 12.1 Å². The van der Waals surface area contributed by atoms with Crippen molar-refractivity contribution in [3.8, 4) is 5.88 Å². The summed E-state index contributed by atoms with van der Waals surface area (Å²) in [5.74, 6) is 1.41.